The van der Waals surface area contributed by atoms with E-state index in [0.29, 0.717) is 0 Å². The van der Waals surface area contributed by atoms with E-state index in [1.165, 1.54) is 0 Å². The first kappa shape index (κ1) is 22.8. The molecule has 1 unspecified atom stereocenters. The number of hydrogen-bond donors (Lipinski definition) is 0. The number of ether oxygens (including phenoxy) is 5. The number of esters is 2. The van der Waals surface area contributed by atoms with Crippen LogP contribution in [0, 0.1) is 0 Å². The molecule has 2 heterocycles. The fourth-order valence-corrected chi connectivity index (χ4v) is 3.80. The third-order valence-electron chi connectivity index (χ3n) is 5.35. The second-order valence-electron chi connectivity index (χ2n) is 8.11. The van der Waals surface area contributed by atoms with Crippen LogP contribution in [-0.4, -0.2) is 55.0 Å². The lowest BCUT2D eigenvalue weighted by atomic mass is 9.95. The Morgan fingerprint density at radius 2 is 1.55 bits per heavy atom. The smallest absolute Gasteiger partial charge is 0.338 e. The second-order valence-corrected chi connectivity index (χ2v) is 8.11. The Bertz CT molecular complexity index is 1060. The Kier molecular flexibility index (Phi) is 6.35. The van der Waals surface area contributed by atoms with E-state index in [4.69, 9.17) is 29.2 Å². The van der Waals surface area contributed by atoms with Gasteiger partial charge in [0.15, 0.2) is 18.0 Å². The van der Waals surface area contributed by atoms with Gasteiger partial charge in [-0.05, 0) is 43.6 Å². The van der Waals surface area contributed by atoms with E-state index in [1.807, 2.05) is 0 Å². The molecule has 4 rings (SSSR count). The molecule has 0 saturated carbocycles. The molecular weight excluding hydrogens is 430 g/mol. The maximum Gasteiger partial charge on any atom is 0.338 e. The maximum atomic E-state index is 13.0. The van der Waals surface area contributed by atoms with Gasteiger partial charge >= 0.3 is 11.9 Å². The van der Waals surface area contributed by atoms with Crippen LogP contribution in [0.1, 0.15) is 34.6 Å². The minimum atomic E-state index is -1.56. The molecule has 2 aromatic carbocycles. The van der Waals surface area contributed by atoms with Gasteiger partial charge in [-0.25, -0.2) is 9.59 Å². The Labute approximate surface area is 190 Å². The van der Waals surface area contributed by atoms with Crippen molar-refractivity contribution in [3.05, 3.63) is 82.2 Å². The highest BCUT2D eigenvalue weighted by Gasteiger charge is 2.61. The Morgan fingerprint density at radius 3 is 2.06 bits per heavy atom. The number of nitrogens with zero attached hydrogens (tertiary/aromatic N) is 3. The molecule has 1 spiro atoms. The van der Waals surface area contributed by atoms with Crippen molar-refractivity contribution in [3.63, 3.8) is 0 Å². The van der Waals surface area contributed by atoms with Crippen LogP contribution in [0.3, 0.4) is 0 Å². The van der Waals surface area contributed by atoms with Gasteiger partial charge < -0.3 is 23.7 Å². The van der Waals surface area contributed by atoms with Crippen LogP contribution in [0.2, 0.25) is 0 Å². The molecule has 4 atom stereocenters. The van der Waals surface area contributed by atoms with E-state index >= 15 is 0 Å². The van der Waals surface area contributed by atoms with Gasteiger partial charge in [0.25, 0.3) is 0 Å². The molecule has 172 valence electrons. The predicted molar refractivity (Wildman–Crippen MR) is 114 cm³/mol. The predicted octanol–water partition coefficient (Wildman–Crippen LogP) is 3.63. The van der Waals surface area contributed by atoms with Gasteiger partial charge in [0.1, 0.15) is 12.6 Å². The number of benzene rings is 2. The lowest BCUT2D eigenvalue weighted by Gasteiger charge is -2.45. The molecule has 2 saturated heterocycles. The summed E-state index contributed by atoms with van der Waals surface area (Å²) in [5.41, 5.74) is 9.64. The summed E-state index contributed by atoms with van der Waals surface area (Å²) in [5, 5.41) is 3.72. The number of rotatable bonds is 5. The first-order valence-electron chi connectivity index (χ1n) is 10.4. The van der Waals surface area contributed by atoms with Crippen molar-refractivity contribution in [2.24, 2.45) is 5.11 Å². The summed E-state index contributed by atoms with van der Waals surface area (Å²) in [6, 6.07) is 15.7. The summed E-state index contributed by atoms with van der Waals surface area (Å²) < 4.78 is 29.2. The highest BCUT2D eigenvalue weighted by Crippen LogP contribution is 2.42. The molecule has 33 heavy (non-hydrogen) atoms. The zero-order valence-electron chi connectivity index (χ0n) is 18.1. The van der Waals surface area contributed by atoms with Crippen molar-refractivity contribution in [2.45, 2.75) is 43.7 Å². The Balaban J connectivity index is 1.70. The van der Waals surface area contributed by atoms with Crippen molar-refractivity contribution in [2.75, 3.05) is 13.2 Å². The minimum Gasteiger partial charge on any atom is -0.454 e. The van der Waals surface area contributed by atoms with E-state index in [9.17, 15) is 9.59 Å². The summed E-state index contributed by atoms with van der Waals surface area (Å²) >= 11 is 0. The van der Waals surface area contributed by atoms with Gasteiger partial charge in [-0.1, -0.05) is 41.5 Å². The molecule has 0 bridgehead atoms. The van der Waals surface area contributed by atoms with E-state index < -0.39 is 41.8 Å². The van der Waals surface area contributed by atoms with Crippen LogP contribution >= 0.6 is 0 Å². The monoisotopic (exact) mass is 453 g/mol. The molecule has 2 aliphatic heterocycles. The topological polar surface area (TPSA) is 129 Å². The van der Waals surface area contributed by atoms with E-state index in [0.717, 1.165) is 0 Å². The zero-order valence-corrected chi connectivity index (χ0v) is 18.1. The van der Waals surface area contributed by atoms with Gasteiger partial charge in [-0.15, -0.1) is 0 Å². The third-order valence-corrected chi connectivity index (χ3v) is 5.35. The first-order chi connectivity index (χ1) is 15.8. The number of hydrogen-bond acceptors (Lipinski definition) is 8. The average molecular weight is 453 g/mol. The first-order valence-corrected chi connectivity index (χ1v) is 10.4. The molecule has 2 fully saturated rings. The van der Waals surface area contributed by atoms with Crippen LogP contribution in [0.15, 0.2) is 65.8 Å². The van der Waals surface area contributed by atoms with E-state index in [-0.39, 0.29) is 24.3 Å². The van der Waals surface area contributed by atoms with Crippen molar-refractivity contribution < 1.29 is 33.3 Å². The summed E-state index contributed by atoms with van der Waals surface area (Å²) in [7, 11) is 0. The van der Waals surface area contributed by atoms with Gasteiger partial charge in [0, 0.05) is 4.91 Å². The largest absolute Gasteiger partial charge is 0.454 e. The fraction of sp³-hybridized carbons (Fsp3) is 0.391. The minimum absolute atomic E-state index is 0.0882. The lowest BCUT2D eigenvalue weighted by Crippen LogP contribution is -2.64. The van der Waals surface area contributed by atoms with Gasteiger partial charge in [-0.2, -0.15) is 0 Å². The summed E-state index contributed by atoms with van der Waals surface area (Å²) in [6.07, 6.45) is -2.46. The lowest BCUT2D eigenvalue weighted by molar-refractivity contribution is -0.322. The number of carbonyl (C=O) groups excluding carboxylic acids is 2. The molecule has 0 N–H and O–H groups in total. The summed E-state index contributed by atoms with van der Waals surface area (Å²) in [6.45, 7) is 3.15. The molecule has 2 aliphatic rings. The highest BCUT2D eigenvalue weighted by atomic mass is 16.8. The maximum absolute atomic E-state index is 13.0. The average Bonchev–Trinajstić information content (AvgIpc) is 3.14. The highest BCUT2D eigenvalue weighted by molar-refractivity contribution is 5.90. The van der Waals surface area contributed by atoms with Gasteiger partial charge in [-0.3, -0.25) is 0 Å². The van der Waals surface area contributed by atoms with Crippen LogP contribution < -0.4 is 0 Å². The fourth-order valence-electron chi connectivity index (χ4n) is 3.80. The van der Waals surface area contributed by atoms with Crippen molar-refractivity contribution in [3.8, 4) is 0 Å². The van der Waals surface area contributed by atoms with Crippen LogP contribution in [0.25, 0.3) is 10.4 Å². The van der Waals surface area contributed by atoms with Crippen molar-refractivity contribution in [1.82, 2.24) is 0 Å². The molecule has 0 amide bonds. The molecule has 10 nitrogen and oxygen atoms in total. The molecule has 10 heteroatoms. The quantitative estimate of drug-likeness (QED) is 0.292. The standard InChI is InChI=1S/C23H23N3O7/c1-22(2)30-14-23(33-22)19(32-21(28)16-11-7-4-8-12-16)18(17(13-29-23)25-26-24)31-20(27)15-9-5-3-6-10-15/h3-12,17-19H,13-14H2,1-2H3/t17-,18+,19-,23?/m0/s1. The Morgan fingerprint density at radius 1 is 0.970 bits per heavy atom. The van der Waals surface area contributed by atoms with Gasteiger partial charge in [0.2, 0.25) is 5.79 Å². The SMILES string of the molecule is CC1(C)OCC2(OC[C@H](N=[N+]=[N-])[C@@H](OC(=O)c3ccccc3)[C@@H]2OC(=O)c2ccccc2)O1. The van der Waals surface area contributed by atoms with E-state index in [2.05, 4.69) is 10.0 Å². The van der Waals surface area contributed by atoms with Crippen molar-refractivity contribution >= 4 is 11.9 Å². The van der Waals surface area contributed by atoms with E-state index in [1.54, 1.807) is 74.5 Å². The normalized spacial score (nSPS) is 28.0. The van der Waals surface area contributed by atoms with Gasteiger partial charge in [0.05, 0.1) is 17.7 Å². The third kappa shape index (κ3) is 4.84. The zero-order chi connectivity index (χ0) is 23.5. The second kappa shape index (κ2) is 9.21. The van der Waals surface area contributed by atoms with Crippen LogP contribution in [-0.2, 0) is 23.7 Å². The molecule has 2 aromatic rings. The van der Waals surface area contributed by atoms with Crippen molar-refractivity contribution in [1.29, 1.82) is 0 Å². The molecule has 0 radical (unpaired) electrons. The van der Waals surface area contributed by atoms with Crippen LogP contribution in [0.5, 0.6) is 0 Å². The van der Waals surface area contributed by atoms with Crippen LogP contribution in [0.4, 0.5) is 0 Å². The summed E-state index contributed by atoms with van der Waals surface area (Å²) in [5.74, 6) is -3.96. The molecule has 0 aromatic heterocycles. The Hall–Kier alpha value is -3.43. The molecule has 0 aliphatic carbocycles. The number of azide groups is 1. The summed E-state index contributed by atoms with van der Waals surface area (Å²) in [4.78, 5) is 28.7. The molecular formula is C23H23N3O7. The number of carbonyl (C=O) groups is 2.